The summed E-state index contributed by atoms with van der Waals surface area (Å²) in [5.41, 5.74) is 0. The lowest BCUT2D eigenvalue weighted by molar-refractivity contribution is -0.175. The molecule has 1 heterocycles. The molecule has 0 aromatic heterocycles. The average Bonchev–Trinajstić information content (AvgIpc) is 2.22. The van der Waals surface area contributed by atoms with E-state index in [4.69, 9.17) is 0 Å². The van der Waals surface area contributed by atoms with Gasteiger partial charge in [-0.1, -0.05) is 23.9 Å². The highest BCUT2D eigenvalue weighted by atomic mass is 32.2. The Morgan fingerprint density at radius 1 is 1.00 bits per heavy atom. The van der Waals surface area contributed by atoms with Crippen molar-refractivity contribution in [1.82, 2.24) is 0 Å². The maximum atomic E-state index is 13.4. The van der Waals surface area contributed by atoms with Crippen molar-refractivity contribution >= 4 is 11.8 Å². The first-order valence-electron chi connectivity index (χ1n) is 5.03. The van der Waals surface area contributed by atoms with Gasteiger partial charge in [0.05, 0.1) is 0 Å². The molecule has 1 fully saturated rings. The van der Waals surface area contributed by atoms with Gasteiger partial charge in [0.25, 0.3) is 0 Å². The lowest BCUT2D eigenvalue weighted by Gasteiger charge is -2.24. The highest BCUT2D eigenvalue weighted by Gasteiger charge is 2.69. The van der Waals surface area contributed by atoms with Crippen molar-refractivity contribution in [3.8, 4) is 0 Å². The largest absolute Gasteiger partial charge is 0.356 e. The van der Waals surface area contributed by atoms with Crippen LogP contribution in [0.1, 0.15) is 25.7 Å². The molecule has 0 radical (unpaired) electrons. The van der Waals surface area contributed by atoms with Crippen molar-refractivity contribution in [1.29, 1.82) is 0 Å². The lowest BCUT2D eigenvalue weighted by Crippen LogP contribution is -2.39. The van der Waals surface area contributed by atoms with Gasteiger partial charge in [-0.05, 0) is 25.7 Å². The Morgan fingerprint density at radius 2 is 1.60 bits per heavy atom. The topological polar surface area (TPSA) is 0 Å². The van der Waals surface area contributed by atoms with Crippen LogP contribution in [-0.4, -0.2) is 16.4 Å². The minimum Gasteiger partial charge on any atom is -0.198 e. The van der Waals surface area contributed by atoms with E-state index in [1.807, 2.05) is 12.2 Å². The first-order chi connectivity index (χ1) is 6.95. The van der Waals surface area contributed by atoms with E-state index in [1.165, 1.54) is 0 Å². The molecule has 0 N–H and O–H groups in total. The first kappa shape index (κ1) is 11.3. The molecule has 1 aliphatic heterocycles. The molecular weight excluding hydrogens is 228 g/mol. The molecule has 2 aliphatic rings. The molecule has 0 amide bonds. The van der Waals surface area contributed by atoms with Crippen LogP contribution in [0.2, 0.25) is 0 Å². The van der Waals surface area contributed by atoms with Crippen LogP contribution in [0.4, 0.5) is 17.6 Å². The summed E-state index contributed by atoms with van der Waals surface area (Å²) in [4.78, 5) is 0. The van der Waals surface area contributed by atoms with Gasteiger partial charge in [0.1, 0.15) is 0 Å². The Bertz CT molecular complexity index is 275. The Kier molecular flexibility index (Phi) is 2.77. The summed E-state index contributed by atoms with van der Waals surface area (Å²) in [6, 6.07) is 0. The van der Waals surface area contributed by atoms with Crippen LogP contribution in [0.5, 0.6) is 0 Å². The molecule has 15 heavy (non-hydrogen) atoms. The molecule has 0 nitrogen and oxygen atoms in total. The monoisotopic (exact) mass is 240 g/mol. The van der Waals surface area contributed by atoms with Crippen LogP contribution < -0.4 is 0 Å². The lowest BCUT2D eigenvalue weighted by atomic mass is 9.88. The van der Waals surface area contributed by atoms with E-state index < -0.39 is 22.3 Å². The minimum absolute atomic E-state index is 0.163. The Balaban J connectivity index is 2.23. The van der Waals surface area contributed by atoms with Crippen molar-refractivity contribution in [3.63, 3.8) is 0 Å². The predicted octanol–water partition coefficient (Wildman–Crippen LogP) is 4.08. The van der Waals surface area contributed by atoms with Crippen LogP contribution in [0.25, 0.3) is 0 Å². The van der Waals surface area contributed by atoms with Gasteiger partial charge < -0.3 is 0 Å². The average molecular weight is 240 g/mol. The SMILES string of the molecule is FC1(F)SC2CCC=CCCC2C1(F)F. The number of fused-ring (bicyclic) bond motifs is 1. The number of halogens is 4. The number of thioether (sulfide) groups is 1. The molecule has 0 spiro atoms. The Morgan fingerprint density at radius 3 is 2.27 bits per heavy atom. The van der Waals surface area contributed by atoms with Gasteiger partial charge in [0, 0.05) is 11.2 Å². The van der Waals surface area contributed by atoms with Gasteiger partial charge in [-0.15, -0.1) is 0 Å². The van der Waals surface area contributed by atoms with Crippen LogP contribution in [-0.2, 0) is 0 Å². The zero-order valence-electron chi connectivity index (χ0n) is 8.06. The highest BCUT2D eigenvalue weighted by molar-refractivity contribution is 8.01. The molecule has 86 valence electrons. The number of hydrogen-bond acceptors (Lipinski definition) is 1. The Labute approximate surface area is 90.1 Å². The normalized spacial score (nSPS) is 38.1. The van der Waals surface area contributed by atoms with Crippen molar-refractivity contribution in [2.24, 2.45) is 5.92 Å². The van der Waals surface area contributed by atoms with Crippen LogP contribution in [0.3, 0.4) is 0 Å². The summed E-state index contributed by atoms with van der Waals surface area (Å²) < 4.78 is 52.9. The number of hydrogen-bond donors (Lipinski definition) is 0. The second-order valence-electron chi connectivity index (χ2n) is 4.03. The zero-order chi connectivity index (χ0) is 11.1. The van der Waals surface area contributed by atoms with Crippen LogP contribution in [0.15, 0.2) is 12.2 Å². The molecule has 1 saturated heterocycles. The molecule has 0 aromatic carbocycles. The van der Waals surface area contributed by atoms with E-state index in [0.717, 1.165) is 0 Å². The van der Waals surface area contributed by atoms with Crippen molar-refractivity contribution in [2.45, 2.75) is 42.1 Å². The number of alkyl halides is 4. The number of allylic oxidation sites excluding steroid dienone is 2. The van der Waals surface area contributed by atoms with Crippen LogP contribution in [0, 0.1) is 5.92 Å². The second-order valence-corrected chi connectivity index (χ2v) is 5.38. The second kappa shape index (κ2) is 3.68. The van der Waals surface area contributed by atoms with Gasteiger partial charge in [-0.25, -0.2) is 0 Å². The molecule has 2 atom stereocenters. The van der Waals surface area contributed by atoms with Gasteiger partial charge >= 0.3 is 11.2 Å². The zero-order valence-corrected chi connectivity index (χ0v) is 8.87. The standard InChI is InChI=1S/C10H12F4S/c11-9(12)7-5-3-1-2-4-6-8(7)15-10(9,13)14/h1-2,7-8H,3-6H2. The summed E-state index contributed by atoms with van der Waals surface area (Å²) in [5.74, 6) is -5.00. The highest BCUT2D eigenvalue weighted by Crippen LogP contribution is 2.60. The molecule has 0 bridgehead atoms. The predicted molar refractivity (Wildman–Crippen MR) is 52.4 cm³/mol. The Hall–Kier alpha value is -0.190. The van der Waals surface area contributed by atoms with Crippen molar-refractivity contribution in [3.05, 3.63) is 12.2 Å². The molecular formula is C10H12F4S. The molecule has 2 unspecified atom stereocenters. The fraction of sp³-hybridized carbons (Fsp3) is 0.800. The first-order valence-corrected chi connectivity index (χ1v) is 5.91. The molecule has 0 saturated carbocycles. The third kappa shape index (κ3) is 1.79. The molecule has 0 aromatic rings. The van der Waals surface area contributed by atoms with Crippen molar-refractivity contribution < 1.29 is 17.6 Å². The quantitative estimate of drug-likeness (QED) is 0.454. The summed E-state index contributed by atoms with van der Waals surface area (Å²) in [6.45, 7) is 0. The fourth-order valence-corrected chi connectivity index (χ4v) is 3.61. The van der Waals surface area contributed by atoms with E-state index in [0.29, 0.717) is 19.3 Å². The maximum Gasteiger partial charge on any atom is 0.356 e. The smallest absolute Gasteiger partial charge is 0.198 e. The third-order valence-electron chi connectivity index (χ3n) is 3.03. The molecule has 5 heteroatoms. The van der Waals surface area contributed by atoms with Crippen molar-refractivity contribution in [2.75, 3.05) is 0 Å². The molecule has 2 rings (SSSR count). The van der Waals surface area contributed by atoms with Crippen LogP contribution >= 0.6 is 11.8 Å². The maximum absolute atomic E-state index is 13.4. The van der Waals surface area contributed by atoms with Gasteiger partial charge in [0.15, 0.2) is 0 Å². The van der Waals surface area contributed by atoms with E-state index in [1.54, 1.807) is 0 Å². The van der Waals surface area contributed by atoms with Gasteiger partial charge in [-0.2, -0.15) is 17.6 Å². The number of rotatable bonds is 0. The summed E-state index contributed by atoms with van der Waals surface area (Å²) in [7, 11) is 0. The summed E-state index contributed by atoms with van der Waals surface area (Å²) in [5, 5.41) is -4.48. The third-order valence-corrected chi connectivity index (χ3v) is 4.47. The summed E-state index contributed by atoms with van der Waals surface area (Å²) >= 11 is 0.164. The summed E-state index contributed by atoms with van der Waals surface area (Å²) in [6.07, 6.45) is 5.40. The minimum atomic E-state index is -3.88. The van der Waals surface area contributed by atoms with E-state index in [9.17, 15) is 17.6 Å². The van der Waals surface area contributed by atoms with Gasteiger partial charge in [0.2, 0.25) is 0 Å². The van der Waals surface area contributed by atoms with E-state index in [2.05, 4.69) is 0 Å². The van der Waals surface area contributed by atoms with Gasteiger partial charge in [-0.3, -0.25) is 0 Å². The fourth-order valence-electron chi connectivity index (χ4n) is 2.20. The van der Waals surface area contributed by atoms with E-state index >= 15 is 0 Å². The van der Waals surface area contributed by atoms with E-state index in [-0.39, 0.29) is 18.2 Å². The molecule has 1 aliphatic carbocycles.